The summed E-state index contributed by atoms with van der Waals surface area (Å²) >= 11 is 0. The van der Waals surface area contributed by atoms with Crippen molar-refractivity contribution >= 4 is 17.7 Å². The molecule has 0 aromatic rings. The van der Waals surface area contributed by atoms with Crippen LogP contribution in [0.5, 0.6) is 0 Å². The molecule has 0 radical (unpaired) electrons. The van der Waals surface area contributed by atoms with Crippen molar-refractivity contribution in [2.24, 2.45) is 28.6 Å². The summed E-state index contributed by atoms with van der Waals surface area (Å²) in [5, 5.41) is 10.5. The van der Waals surface area contributed by atoms with Gasteiger partial charge in [-0.25, -0.2) is 0 Å². The third-order valence-corrected chi connectivity index (χ3v) is 7.43. The monoisotopic (exact) mass is 404 g/mol. The number of ether oxygens (including phenoxy) is 3. The lowest BCUT2D eigenvalue weighted by atomic mass is 9.43. The molecule has 0 spiro atoms. The second-order valence-electron chi connectivity index (χ2n) is 8.99. The number of ketones is 1. The van der Waals surface area contributed by atoms with Crippen LogP contribution in [-0.4, -0.2) is 42.1 Å². The number of cyclic esters (lactones) is 1. The van der Waals surface area contributed by atoms with Gasteiger partial charge in [0.25, 0.3) is 0 Å². The molecule has 7 atom stereocenters. The second-order valence-corrected chi connectivity index (χ2v) is 8.99. The van der Waals surface area contributed by atoms with E-state index in [-0.39, 0.29) is 18.2 Å². The first kappa shape index (κ1) is 21.4. The van der Waals surface area contributed by atoms with E-state index in [0.29, 0.717) is 24.8 Å². The standard InChI is InChI=1S/C22H28O7/c1-6-28-11-12(2)16-10-22(4)13(20(26)29-16)7-8-21(3)14(19(25)27-5)9-15(23)17(24)18(21)22/h1,11,13-16,18,23H,7-10H2,2-5H3/b12-11+/t13-,14-,15-,16-,18-,21-,22-/m0/s1. The summed E-state index contributed by atoms with van der Waals surface area (Å²) in [6.45, 7) is 5.55. The van der Waals surface area contributed by atoms with Gasteiger partial charge >= 0.3 is 11.9 Å². The van der Waals surface area contributed by atoms with Gasteiger partial charge in [-0.15, -0.1) is 0 Å². The maximum Gasteiger partial charge on any atom is 0.310 e. The number of methoxy groups -OCH3 is 1. The number of hydrogen-bond donors (Lipinski definition) is 1. The molecule has 3 fully saturated rings. The van der Waals surface area contributed by atoms with E-state index in [2.05, 4.69) is 0 Å². The third-order valence-electron chi connectivity index (χ3n) is 7.43. The van der Waals surface area contributed by atoms with E-state index < -0.39 is 46.8 Å². The zero-order chi connectivity index (χ0) is 21.6. The highest BCUT2D eigenvalue weighted by Crippen LogP contribution is 2.64. The molecule has 0 bridgehead atoms. The number of carbonyl (C=O) groups is 3. The smallest absolute Gasteiger partial charge is 0.310 e. The van der Waals surface area contributed by atoms with Crippen LogP contribution in [0.1, 0.15) is 46.5 Å². The average Bonchev–Trinajstić information content (AvgIpc) is 2.67. The molecule has 29 heavy (non-hydrogen) atoms. The number of terminal acetylenes is 1. The highest BCUT2D eigenvalue weighted by Gasteiger charge is 2.67. The van der Waals surface area contributed by atoms with Crippen molar-refractivity contribution in [3.05, 3.63) is 11.8 Å². The quantitative estimate of drug-likeness (QED) is 0.436. The molecule has 3 aliphatic rings. The van der Waals surface area contributed by atoms with Gasteiger partial charge in [0.2, 0.25) is 0 Å². The Bertz CT molecular complexity index is 793. The molecule has 7 nitrogen and oxygen atoms in total. The average molecular weight is 404 g/mol. The number of hydrogen-bond acceptors (Lipinski definition) is 7. The summed E-state index contributed by atoms with van der Waals surface area (Å²) in [4.78, 5) is 38.6. The topological polar surface area (TPSA) is 99.1 Å². The summed E-state index contributed by atoms with van der Waals surface area (Å²) in [7, 11) is 1.31. The maximum absolute atomic E-state index is 13.2. The number of aliphatic hydroxyl groups is 1. The van der Waals surface area contributed by atoms with Crippen LogP contribution in [0.4, 0.5) is 0 Å². The number of aliphatic hydroxyl groups excluding tert-OH is 1. The summed E-state index contributed by atoms with van der Waals surface area (Å²) in [5.41, 5.74) is -0.844. The van der Waals surface area contributed by atoms with E-state index in [1.807, 2.05) is 20.0 Å². The van der Waals surface area contributed by atoms with Crippen LogP contribution in [0.25, 0.3) is 0 Å². The van der Waals surface area contributed by atoms with Crippen molar-refractivity contribution < 1.29 is 33.7 Å². The largest absolute Gasteiger partial charge is 0.469 e. The van der Waals surface area contributed by atoms with E-state index in [1.165, 1.54) is 13.4 Å². The van der Waals surface area contributed by atoms with Crippen LogP contribution < -0.4 is 0 Å². The van der Waals surface area contributed by atoms with E-state index in [4.69, 9.17) is 20.6 Å². The number of Topliss-reactive ketones (excluding diaryl/α,β-unsaturated/α-hetero) is 1. The molecule has 0 unspecified atom stereocenters. The molecule has 0 aromatic carbocycles. The number of esters is 2. The van der Waals surface area contributed by atoms with E-state index in [1.54, 1.807) is 6.92 Å². The molecule has 3 rings (SSSR count). The van der Waals surface area contributed by atoms with Crippen molar-refractivity contribution in [3.63, 3.8) is 0 Å². The molecule has 1 saturated heterocycles. The summed E-state index contributed by atoms with van der Waals surface area (Å²) < 4.78 is 15.5. The molecule has 2 saturated carbocycles. The fraction of sp³-hybridized carbons (Fsp3) is 0.682. The Morgan fingerprint density at radius 1 is 1.34 bits per heavy atom. The molecule has 2 aliphatic carbocycles. The van der Waals surface area contributed by atoms with Gasteiger partial charge < -0.3 is 19.3 Å². The van der Waals surface area contributed by atoms with E-state index >= 15 is 0 Å². The molecular formula is C22H28O7. The fourth-order valence-electron chi connectivity index (χ4n) is 5.99. The summed E-state index contributed by atoms with van der Waals surface area (Å²) in [6, 6.07) is 0. The van der Waals surface area contributed by atoms with Crippen LogP contribution in [0.2, 0.25) is 0 Å². The SMILES string of the molecule is C#CO/C=C(\C)[C@@H]1C[C@]2(C)[C@H]3C(=O)[C@@H](O)C[C@@H](C(=O)OC)[C@]3(C)CC[C@H]2C(=O)O1. The van der Waals surface area contributed by atoms with Crippen LogP contribution in [0, 0.1) is 41.1 Å². The Labute approximate surface area is 170 Å². The highest BCUT2D eigenvalue weighted by atomic mass is 16.5. The number of rotatable bonds is 3. The summed E-state index contributed by atoms with van der Waals surface area (Å²) in [5.74, 6) is -2.87. The predicted octanol–water partition coefficient (Wildman–Crippen LogP) is 1.97. The van der Waals surface area contributed by atoms with Crippen LogP contribution in [0.3, 0.4) is 0 Å². The lowest BCUT2D eigenvalue weighted by Crippen LogP contribution is -2.65. The van der Waals surface area contributed by atoms with E-state index in [0.717, 1.165) is 0 Å². The van der Waals surface area contributed by atoms with E-state index in [9.17, 15) is 19.5 Å². The van der Waals surface area contributed by atoms with Crippen LogP contribution in [0.15, 0.2) is 11.8 Å². The Morgan fingerprint density at radius 3 is 2.66 bits per heavy atom. The van der Waals surface area contributed by atoms with Gasteiger partial charge in [0, 0.05) is 11.5 Å². The van der Waals surface area contributed by atoms with Crippen molar-refractivity contribution in [2.45, 2.75) is 58.7 Å². The minimum atomic E-state index is -1.26. The van der Waals surface area contributed by atoms with Crippen molar-refractivity contribution in [1.82, 2.24) is 0 Å². The zero-order valence-electron chi connectivity index (χ0n) is 17.3. The third kappa shape index (κ3) is 3.24. The summed E-state index contributed by atoms with van der Waals surface area (Å²) in [6.07, 6.45) is 8.11. The molecule has 1 heterocycles. The molecule has 158 valence electrons. The van der Waals surface area contributed by atoms with Crippen molar-refractivity contribution in [3.8, 4) is 12.5 Å². The fourth-order valence-corrected chi connectivity index (χ4v) is 5.99. The normalized spacial score (nSPS) is 42.1. The van der Waals surface area contributed by atoms with Crippen molar-refractivity contribution in [1.29, 1.82) is 0 Å². The molecular weight excluding hydrogens is 376 g/mol. The van der Waals surface area contributed by atoms with Crippen molar-refractivity contribution in [2.75, 3.05) is 7.11 Å². The van der Waals surface area contributed by atoms with Gasteiger partial charge in [-0.1, -0.05) is 20.3 Å². The Hall–Kier alpha value is -2.33. The minimum absolute atomic E-state index is 0.0437. The Morgan fingerprint density at radius 2 is 2.03 bits per heavy atom. The first-order valence-electron chi connectivity index (χ1n) is 9.88. The lowest BCUT2D eigenvalue weighted by molar-refractivity contribution is -0.204. The molecule has 0 aromatic heterocycles. The zero-order valence-corrected chi connectivity index (χ0v) is 17.3. The highest BCUT2D eigenvalue weighted by molar-refractivity contribution is 5.91. The molecule has 1 N–H and O–H groups in total. The van der Waals surface area contributed by atoms with Crippen LogP contribution >= 0.6 is 0 Å². The molecule has 0 amide bonds. The Kier molecular flexibility index (Phi) is 5.52. The first-order chi connectivity index (χ1) is 13.6. The van der Waals surface area contributed by atoms with Gasteiger partial charge in [0.1, 0.15) is 24.6 Å². The predicted molar refractivity (Wildman–Crippen MR) is 102 cm³/mol. The number of fused-ring (bicyclic) bond motifs is 3. The van der Waals surface area contributed by atoms with Gasteiger partial charge in [-0.3, -0.25) is 14.4 Å². The number of carbonyl (C=O) groups excluding carboxylic acids is 3. The maximum atomic E-state index is 13.2. The van der Waals surface area contributed by atoms with Gasteiger partial charge in [0.15, 0.2) is 5.78 Å². The van der Waals surface area contributed by atoms with Gasteiger partial charge in [-0.2, -0.15) is 0 Å². The molecule has 7 heteroatoms. The first-order valence-corrected chi connectivity index (χ1v) is 9.88. The van der Waals surface area contributed by atoms with Gasteiger partial charge in [0.05, 0.1) is 18.9 Å². The second kappa shape index (κ2) is 7.49. The van der Waals surface area contributed by atoms with Gasteiger partial charge in [-0.05, 0) is 43.4 Å². The van der Waals surface area contributed by atoms with Crippen LogP contribution in [-0.2, 0) is 28.6 Å². The molecule has 1 aliphatic heterocycles. The Balaban J connectivity index is 2.05. The minimum Gasteiger partial charge on any atom is -0.469 e. The lowest BCUT2D eigenvalue weighted by Gasteiger charge is -2.60.